The summed E-state index contributed by atoms with van der Waals surface area (Å²) >= 11 is 0. The van der Waals surface area contributed by atoms with E-state index < -0.39 is 5.60 Å². The van der Waals surface area contributed by atoms with Gasteiger partial charge in [0, 0.05) is 26.2 Å². The molecule has 8 rings (SSSR count). The zero-order chi connectivity index (χ0) is 40.1. The molecule has 2 fully saturated rings. The van der Waals surface area contributed by atoms with Crippen LogP contribution in [0.15, 0.2) is 73.3 Å². The summed E-state index contributed by atoms with van der Waals surface area (Å²) in [5, 5.41) is 33.0. The summed E-state index contributed by atoms with van der Waals surface area (Å²) in [6.07, 6.45) is 6.92. The third-order valence-electron chi connectivity index (χ3n) is 9.33. The first-order valence-electron chi connectivity index (χ1n) is 19.3. The second-order valence-electron chi connectivity index (χ2n) is 16.0. The van der Waals surface area contributed by atoms with E-state index in [0.29, 0.717) is 48.4 Å². The van der Waals surface area contributed by atoms with Crippen LogP contribution < -0.4 is 26.6 Å². The van der Waals surface area contributed by atoms with Crippen LogP contribution in [0.4, 0.5) is 39.4 Å². The molecule has 296 valence electrons. The molecule has 6 aromatic rings. The van der Waals surface area contributed by atoms with Crippen molar-refractivity contribution in [3.8, 4) is 0 Å². The summed E-state index contributed by atoms with van der Waals surface area (Å²) in [6.45, 7) is 17.2. The molecule has 0 atom stereocenters. The van der Waals surface area contributed by atoms with Gasteiger partial charge in [-0.1, -0.05) is 27.7 Å². The quantitative estimate of drug-likeness (QED) is 0.0957. The molecule has 16 nitrogen and oxygen atoms in total. The van der Waals surface area contributed by atoms with Gasteiger partial charge in [-0.3, -0.25) is 9.97 Å². The van der Waals surface area contributed by atoms with E-state index in [1.807, 2.05) is 75.5 Å². The third-order valence-corrected chi connectivity index (χ3v) is 9.33. The predicted octanol–water partition coefficient (Wildman–Crippen LogP) is 6.99. The van der Waals surface area contributed by atoms with E-state index in [1.165, 1.54) is 0 Å². The van der Waals surface area contributed by atoms with Gasteiger partial charge in [0.25, 0.3) is 0 Å². The lowest BCUT2D eigenvalue weighted by molar-refractivity contribution is 0.0105. The smallest absolute Gasteiger partial charge is 0.410 e. The lowest BCUT2D eigenvalue weighted by Gasteiger charge is -2.40. The van der Waals surface area contributed by atoms with E-state index in [9.17, 15) is 4.79 Å². The van der Waals surface area contributed by atoms with E-state index in [2.05, 4.69) is 94.6 Å². The first-order valence-corrected chi connectivity index (χ1v) is 19.3. The van der Waals surface area contributed by atoms with Gasteiger partial charge in [0.05, 0.1) is 70.3 Å². The van der Waals surface area contributed by atoms with Crippen LogP contribution in [-0.4, -0.2) is 95.2 Å². The Bertz CT molecular complexity index is 2340. The van der Waals surface area contributed by atoms with Gasteiger partial charge in [0.15, 0.2) is 11.6 Å². The molecule has 16 heteroatoms. The molecule has 0 radical (unpaired) electrons. The minimum atomic E-state index is -0.489. The molecule has 0 unspecified atom stereocenters. The van der Waals surface area contributed by atoms with Gasteiger partial charge in [0.1, 0.15) is 17.2 Å². The Labute approximate surface area is 332 Å². The van der Waals surface area contributed by atoms with Gasteiger partial charge < -0.3 is 36.2 Å². The van der Waals surface area contributed by atoms with E-state index in [1.54, 1.807) is 23.5 Å². The van der Waals surface area contributed by atoms with E-state index >= 15 is 0 Å². The van der Waals surface area contributed by atoms with E-state index in [-0.39, 0.29) is 12.1 Å². The molecule has 2 aliphatic rings. The van der Waals surface area contributed by atoms with Crippen molar-refractivity contribution in [1.29, 1.82) is 0 Å². The number of likely N-dealkylation sites (tertiary alicyclic amines) is 1. The fourth-order valence-corrected chi connectivity index (χ4v) is 6.00. The Balaban J connectivity index is 0.000000179. The van der Waals surface area contributed by atoms with E-state index in [4.69, 9.17) is 4.74 Å². The largest absolute Gasteiger partial charge is 0.444 e. The van der Waals surface area contributed by atoms with Gasteiger partial charge >= 0.3 is 6.09 Å². The molecular formula is C41H50N14O2. The summed E-state index contributed by atoms with van der Waals surface area (Å²) < 4.78 is 5.40. The molecule has 0 saturated carbocycles. The van der Waals surface area contributed by atoms with E-state index in [0.717, 1.165) is 63.5 Å². The van der Waals surface area contributed by atoms with Crippen molar-refractivity contribution in [1.82, 2.24) is 50.5 Å². The van der Waals surface area contributed by atoms with Crippen molar-refractivity contribution >= 4 is 62.8 Å². The number of nitrogens with one attached hydrogen (secondary N) is 5. The predicted molar refractivity (Wildman–Crippen MR) is 223 cm³/mol. The van der Waals surface area contributed by atoms with Crippen LogP contribution in [0.2, 0.25) is 0 Å². The van der Waals surface area contributed by atoms with Crippen LogP contribution in [0.5, 0.6) is 0 Å². The Hall–Kier alpha value is -6.29. The number of pyridine rings is 4. The van der Waals surface area contributed by atoms with Crippen molar-refractivity contribution < 1.29 is 9.53 Å². The van der Waals surface area contributed by atoms with Gasteiger partial charge in [-0.05, 0) is 92.3 Å². The fourth-order valence-electron chi connectivity index (χ4n) is 6.00. The average molecular weight is 771 g/mol. The van der Waals surface area contributed by atoms with Crippen molar-refractivity contribution in [3.05, 3.63) is 84.4 Å². The monoisotopic (exact) mass is 770 g/mol. The lowest BCUT2D eigenvalue weighted by Crippen LogP contribution is -2.57. The summed E-state index contributed by atoms with van der Waals surface area (Å²) in [6, 6.07) is 16.2. The Morgan fingerprint density at radius 3 is 1.61 bits per heavy atom. The number of amides is 1. The second-order valence-corrected chi connectivity index (χ2v) is 16.0. The summed E-state index contributed by atoms with van der Waals surface area (Å²) in [5.41, 5.74) is 6.88. The topological polar surface area (TPSA) is 193 Å². The van der Waals surface area contributed by atoms with Crippen LogP contribution in [0.1, 0.15) is 71.4 Å². The first kappa shape index (κ1) is 39.0. The number of aromatic nitrogens is 8. The summed E-state index contributed by atoms with van der Waals surface area (Å²) in [5.74, 6) is 3.52. The number of hydrogen-bond donors (Lipinski definition) is 5. The van der Waals surface area contributed by atoms with Gasteiger partial charge in [-0.15, -0.1) is 10.2 Å². The highest BCUT2D eigenvalue weighted by Gasteiger charge is 2.33. The van der Waals surface area contributed by atoms with Crippen molar-refractivity contribution in [3.63, 3.8) is 0 Å². The van der Waals surface area contributed by atoms with Crippen LogP contribution in [0, 0.1) is 0 Å². The normalized spacial score (nSPS) is 14.4. The minimum Gasteiger partial charge on any atom is -0.444 e. The molecule has 0 spiro atoms. The highest BCUT2D eigenvalue weighted by atomic mass is 16.6. The number of fused-ring (bicyclic) bond motifs is 2. The molecule has 8 heterocycles. The first-order chi connectivity index (χ1) is 27.3. The molecule has 0 bridgehead atoms. The number of rotatable bonds is 10. The zero-order valence-electron chi connectivity index (χ0n) is 33.4. The molecule has 1 amide bonds. The van der Waals surface area contributed by atoms with Crippen molar-refractivity contribution in [2.24, 2.45) is 0 Å². The molecule has 0 aliphatic carbocycles. The SMILES string of the molecule is CC(C)c1cnnc(Nc2ccc3ncc(NC4CN(C(=O)OC(C)(C)C)C4)cc3n2)c1.CC(C)c1cnnc(Nc2ccc3ncc(NC4CNC4)cc3n2)c1. The number of carbonyl (C=O) groups excluding carboxylic acids is 1. The zero-order valence-corrected chi connectivity index (χ0v) is 33.4. The number of nitrogens with zero attached hydrogens (tertiary/aromatic N) is 9. The van der Waals surface area contributed by atoms with Gasteiger partial charge in [-0.2, -0.15) is 10.2 Å². The Morgan fingerprint density at radius 1 is 0.684 bits per heavy atom. The van der Waals surface area contributed by atoms with Crippen LogP contribution >= 0.6 is 0 Å². The second kappa shape index (κ2) is 16.8. The minimum absolute atomic E-state index is 0.150. The molecule has 2 saturated heterocycles. The maximum Gasteiger partial charge on any atom is 0.410 e. The average Bonchev–Trinajstić information content (AvgIpc) is 3.14. The van der Waals surface area contributed by atoms with Crippen molar-refractivity contribution in [2.75, 3.05) is 47.4 Å². The van der Waals surface area contributed by atoms with Gasteiger partial charge in [0.2, 0.25) is 0 Å². The Kier molecular flexibility index (Phi) is 11.5. The summed E-state index contributed by atoms with van der Waals surface area (Å²) in [7, 11) is 0. The fraction of sp³-hybridized carbons (Fsp3) is 0.390. The van der Waals surface area contributed by atoms with Gasteiger partial charge in [-0.25, -0.2) is 14.8 Å². The highest BCUT2D eigenvalue weighted by molar-refractivity contribution is 5.81. The van der Waals surface area contributed by atoms with Crippen LogP contribution in [0.3, 0.4) is 0 Å². The van der Waals surface area contributed by atoms with Crippen LogP contribution in [0.25, 0.3) is 22.1 Å². The van der Waals surface area contributed by atoms with Crippen LogP contribution in [-0.2, 0) is 4.74 Å². The Morgan fingerprint density at radius 2 is 1.18 bits per heavy atom. The van der Waals surface area contributed by atoms with Crippen molar-refractivity contribution in [2.45, 2.75) is 78.0 Å². The molecule has 6 aromatic heterocycles. The number of hydrogen-bond acceptors (Lipinski definition) is 15. The maximum atomic E-state index is 12.1. The standard InChI is InChI=1S/C23H29N7O2.C18H21N7/c1-14(2)15-8-21(29-25-10-15)28-20-7-6-18-19(27-20)9-16(11-24-18)26-17-12-30(13-17)22(31)32-23(3,4)5;1-11(2)12-5-18(25-21-7-12)24-17-4-3-15-16(23-17)6-13(10-20-15)22-14-8-19-9-14/h6-11,14,17,26H,12-13H2,1-5H3,(H,27,28,29);3-7,10-11,14,19,22H,8-9H2,1-2H3,(H,23,24,25). The highest BCUT2D eigenvalue weighted by Crippen LogP contribution is 2.25. The molecule has 0 aromatic carbocycles. The summed E-state index contributed by atoms with van der Waals surface area (Å²) in [4.78, 5) is 32.1. The third kappa shape index (κ3) is 10.3. The molecule has 5 N–H and O–H groups in total. The molecule has 57 heavy (non-hydrogen) atoms. The molecular weight excluding hydrogens is 721 g/mol. The maximum absolute atomic E-state index is 12.1. The number of ether oxygens (including phenoxy) is 1. The lowest BCUT2D eigenvalue weighted by atomic mass is 10.1. The number of carbonyl (C=O) groups is 1. The number of anilines is 6. The molecule has 2 aliphatic heterocycles.